The number of carbonyl (C=O) groups excluding carboxylic acids is 1. The van der Waals surface area contributed by atoms with Gasteiger partial charge in [0.05, 0.1) is 13.2 Å². The number of hydrogen-bond acceptors (Lipinski definition) is 4. The zero-order chi connectivity index (χ0) is 11.4. The molecule has 4 nitrogen and oxygen atoms in total. The van der Waals surface area contributed by atoms with E-state index >= 15 is 0 Å². The molecular weight excluding hydrogens is 208 g/mol. The Hall–Kier alpha value is -1.71. The molecule has 0 aromatic heterocycles. The van der Waals surface area contributed by atoms with Gasteiger partial charge in [-0.25, -0.2) is 4.79 Å². The second-order valence-electron chi connectivity index (χ2n) is 3.44. The Bertz CT molecular complexity index is 375. The van der Waals surface area contributed by atoms with Crippen LogP contribution in [0.5, 0.6) is 11.5 Å². The minimum absolute atomic E-state index is 0.331. The largest absolute Gasteiger partial charge is 0.490 e. The monoisotopic (exact) mass is 222 g/mol. The van der Waals surface area contributed by atoms with Crippen molar-refractivity contribution in [2.75, 3.05) is 13.2 Å². The van der Waals surface area contributed by atoms with Crippen molar-refractivity contribution < 1.29 is 19.0 Å². The highest BCUT2D eigenvalue weighted by Gasteiger charge is 2.25. The van der Waals surface area contributed by atoms with Crippen molar-refractivity contribution >= 4 is 5.97 Å². The SMILES string of the molecule is CCOC(=O)[C@@H]1CCOc2ccccc2O1. The summed E-state index contributed by atoms with van der Waals surface area (Å²) in [6.07, 6.45) is -0.0587. The molecule has 1 heterocycles. The molecule has 1 aliphatic rings. The quantitative estimate of drug-likeness (QED) is 0.715. The lowest BCUT2D eigenvalue weighted by atomic mass is 10.2. The van der Waals surface area contributed by atoms with Crippen LogP contribution in [0.15, 0.2) is 24.3 Å². The molecule has 0 amide bonds. The summed E-state index contributed by atoms with van der Waals surface area (Å²) in [4.78, 5) is 11.6. The molecule has 1 aromatic carbocycles. The second kappa shape index (κ2) is 4.88. The molecule has 1 aromatic rings. The van der Waals surface area contributed by atoms with Crippen molar-refractivity contribution in [3.05, 3.63) is 24.3 Å². The molecule has 1 aliphatic heterocycles. The van der Waals surface area contributed by atoms with Gasteiger partial charge < -0.3 is 14.2 Å². The van der Waals surface area contributed by atoms with Gasteiger partial charge in [-0.1, -0.05) is 12.1 Å². The molecule has 16 heavy (non-hydrogen) atoms. The van der Waals surface area contributed by atoms with Crippen LogP contribution in [0.1, 0.15) is 13.3 Å². The third-order valence-electron chi connectivity index (χ3n) is 2.31. The Morgan fingerprint density at radius 3 is 2.94 bits per heavy atom. The standard InChI is InChI=1S/C12H14O4/c1-2-14-12(13)11-7-8-15-9-5-3-4-6-10(9)16-11/h3-6,11H,2,7-8H2,1H3/t11-/m0/s1. The number of para-hydroxylation sites is 2. The third-order valence-corrected chi connectivity index (χ3v) is 2.31. The predicted octanol–water partition coefficient (Wildman–Crippen LogP) is 1.78. The van der Waals surface area contributed by atoms with Crippen LogP contribution in [-0.2, 0) is 9.53 Å². The number of carbonyl (C=O) groups is 1. The number of esters is 1. The fourth-order valence-electron chi connectivity index (χ4n) is 1.56. The number of benzene rings is 1. The lowest BCUT2D eigenvalue weighted by Crippen LogP contribution is -2.29. The summed E-state index contributed by atoms with van der Waals surface area (Å²) >= 11 is 0. The minimum Gasteiger partial charge on any atom is -0.490 e. The molecule has 86 valence electrons. The smallest absolute Gasteiger partial charge is 0.347 e. The zero-order valence-electron chi connectivity index (χ0n) is 9.14. The molecule has 0 bridgehead atoms. The highest BCUT2D eigenvalue weighted by atomic mass is 16.6. The maximum absolute atomic E-state index is 11.6. The Labute approximate surface area is 94.1 Å². The molecule has 0 aliphatic carbocycles. The van der Waals surface area contributed by atoms with E-state index in [1.807, 2.05) is 18.2 Å². The van der Waals surface area contributed by atoms with Crippen molar-refractivity contribution in [3.63, 3.8) is 0 Å². The van der Waals surface area contributed by atoms with E-state index in [9.17, 15) is 4.79 Å². The van der Waals surface area contributed by atoms with Crippen LogP contribution in [0.3, 0.4) is 0 Å². The maximum atomic E-state index is 11.6. The van der Waals surface area contributed by atoms with Crippen LogP contribution in [-0.4, -0.2) is 25.3 Å². The van der Waals surface area contributed by atoms with Crippen LogP contribution in [0.25, 0.3) is 0 Å². The van der Waals surface area contributed by atoms with Gasteiger partial charge in [0, 0.05) is 6.42 Å². The molecule has 0 N–H and O–H groups in total. The fraction of sp³-hybridized carbons (Fsp3) is 0.417. The van der Waals surface area contributed by atoms with Gasteiger partial charge in [0.25, 0.3) is 0 Å². The van der Waals surface area contributed by atoms with Crippen molar-refractivity contribution in [1.82, 2.24) is 0 Å². The summed E-state index contributed by atoms with van der Waals surface area (Å²) in [7, 11) is 0. The molecule has 4 heteroatoms. The number of rotatable bonds is 2. The first-order valence-electron chi connectivity index (χ1n) is 5.36. The predicted molar refractivity (Wildman–Crippen MR) is 57.6 cm³/mol. The van der Waals surface area contributed by atoms with E-state index in [0.29, 0.717) is 31.1 Å². The van der Waals surface area contributed by atoms with Crippen LogP contribution in [0.4, 0.5) is 0 Å². The van der Waals surface area contributed by atoms with Crippen molar-refractivity contribution in [3.8, 4) is 11.5 Å². The lowest BCUT2D eigenvalue weighted by Gasteiger charge is -2.14. The Kier molecular flexibility index (Phi) is 3.29. The molecule has 0 unspecified atom stereocenters. The normalized spacial score (nSPS) is 18.7. The lowest BCUT2D eigenvalue weighted by molar-refractivity contribution is -0.151. The first-order valence-corrected chi connectivity index (χ1v) is 5.36. The summed E-state index contributed by atoms with van der Waals surface area (Å²) in [6.45, 7) is 2.60. The summed E-state index contributed by atoms with van der Waals surface area (Å²) < 4.78 is 16.0. The Balaban J connectivity index is 2.13. The van der Waals surface area contributed by atoms with Crippen LogP contribution < -0.4 is 9.47 Å². The van der Waals surface area contributed by atoms with Crippen LogP contribution in [0.2, 0.25) is 0 Å². The number of fused-ring (bicyclic) bond motifs is 1. The van der Waals surface area contributed by atoms with Crippen LogP contribution in [0, 0.1) is 0 Å². The average molecular weight is 222 g/mol. The molecule has 2 rings (SSSR count). The van der Waals surface area contributed by atoms with Crippen molar-refractivity contribution in [2.24, 2.45) is 0 Å². The summed E-state index contributed by atoms with van der Waals surface area (Å²) in [5, 5.41) is 0. The minimum atomic E-state index is -0.566. The van der Waals surface area contributed by atoms with E-state index in [1.54, 1.807) is 13.0 Å². The average Bonchev–Trinajstić information content (AvgIpc) is 2.51. The molecule has 0 radical (unpaired) electrons. The van der Waals surface area contributed by atoms with Gasteiger partial charge in [-0.05, 0) is 19.1 Å². The highest BCUT2D eigenvalue weighted by molar-refractivity contribution is 5.75. The summed E-state index contributed by atoms with van der Waals surface area (Å²) in [6, 6.07) is 7.32. The molecule has 0 fully saturated rings. The van der Waals surface area contributed by atoms with Gasteiger partial charge >= 0.3 is 5.97 Å². The summed E-state index contributed by atoms with van der Waals surface area (Å²) in [5.41, 5.74) is 0. The number of ether oxygens (including phenoxy) is 3. The van der Waals surface area contributed by atoms with Gasteiger partial charge in [-0.2, -0.15) is 0 Å². The van der Waals surface area contributed by atoms with E-state index < -0.39 is 6.10 Å². The van der Waals surface area contributed by atoms with Gasteiger partial charge in [-0.15, -0.1) is 0 Å². The summed E-state index contributed by atoms with van der Waals surface area (Å²) in [5.74, 6) is 0.940. The van der Waals surface area contributed by atoms with Crippen LogP contribution >= 0.6 is 0 Å². The topological polar surface area (TPSA) is 44.8 Å². The van der Waals surface area contributed by atoms with E-state index in [4.69, 9.17) is 14.2 Å². The third kappa shape index (κ3) is 2.27. The fourth-order valence-corrected chi connectivity index (χ4v) is 1.56. The van der Waals surface area contributed by atoms with Gasteiger partial charge in [0.1, 0.15) is 0 Å². The first-order chi connectivity index (χ1) is 7.81. The second-order valence-corrected chi connectivity index (χ2v) is 3.44. The molecular formula is C12H14O4. The first kappa shape index (κ1) is 10.8. The van der Waals surface area contributed by atoms with E-state index in [-0.39, 0.29) is 5.97 Å². The van der Waals surface area contributed by atoms with E-state index in [2.05, 4.69) is 0 Å². The van der Waals surface area contributed by atoms with Crippen molar-refractivity contribution in [1.29, 1.82) is 0 Å². The van der Waals surface area contributed by atoms with Crippen molar-refractivity contribution in [2.45, 2.75) is 19.4 Å². The van der Waals surface area contributed by atoms with Gasteiger partial charge in [0.2, 0.25) is 0 Å². The molecule has 0 saturated carbocycles. The van der Waals surface area contributed by atoms with Gasteiger partial charge in [0.15, 0.2) is 17.6 Å². The van der Waals surface area contributed by atoms with E-state index in [1.165, 1.54) is 0 Å². The number of hydrogen-bond donors (Lipinski definition) is 0. The highest BCUT2D eigenvalue weighted by Crippen LogP contribution is 2.30. The Morgan fingerprint density at radius 1 is 1.44 bits per heavy atom. The Morgan fingerprint density at radius 2 is 2.19 bits per heavy atom. The maximum Gasteiger partial charge on any atom is 0.347 e. The molecule has 1 atom stereocenters. The van der Waals surface area contributed by atoms with E-state index in [0.717, 1.165) is 0 Å². The molecule has 0 saturated heterocycles. The molecule has 0 spiro atoms. The zero-order valence-corrected chi connectivity index (χ0v) is 9.14. The van der Waals surface area contributed by atoms with Gasteiger partial charge in [-0.3, -0.25) is 0 Å².